The first-order valence-electron chi connectivity index (χ1n) is 7.98. The maximum Gasteiger partial charge on any atom is 0.270 e. The van der Waals surface area contributed by atoms with E-state index in [0.29, 0.717) is 0 Å². The Morgan fingerprint density at radius 1 is 0.933 bits per heavy atom. The number of rotatable bonds is 5. The zero-order valence-corrected chi connectivity index (χ0v) is 17.4. The fraction of sp³-hybridized carbons (Fsp3) is 0.0588. The number of phenolic OH excluding ortho intramolecular Hbond substituents is 1. The standard InChI is InChI=1S/C17H12ClN3O7S2/c1-29(25,26)17-8-10(21(23)24)2-5-15(17)20-19-14-6-7-16(22)12-4-3-11(9-13(12)14)30(18,27)28/h2-9,22H,1H3/b20-19+. The van der Waals surface area contributed by atoms with Crippen LogP contribution >= 0.6 is 10.7 Å². The second kappa shape index (κ2) is 7.63. The molecule has 0 fully saturated rings. The zero-order valence-electron chi connectivity index (χ0n) is 15.1. The van der Waals surface area contributed by atoms with Gasteiger partial charge in [0.25, 0.3) is 14.7 Å². The summed E-state index contributed by atoms with van der Waals surface area (Å²) in [6, 6.07) is 9.48. The monoisotopic (exact) mass is 469 g/mol. The van der Waals surface area contributed by atoms with Crippen LogP contribution in [0, 0.1) is 10.1 Å². The largest absolute Gasteiger partial charge is 0.507 e. The minimum absolute atomic E-state index is 0.114. The third-order valence-corrected chi connectivity index (χ3v) is 6.52. The first-order chi connectivity index (χ1) is 13.9. The number of nitro groups is 1. The molecule has 0 saturated carbocycles. The molecule has 13 heteroatoms. The average Bonchev–Trinajstić information content (AvgIpc) is 2.65. The van der Waals surface area contributed by atoms with E-state index in [9.17, 15) is 32.1 Å². The van der Waals surface area contributed by atoms with Gasteiger partial charge in [-0.05, 0) is 36.4 Å². The fourth-order valence-electron chi connectivity index (χ4n) is 2.64. The van der Waals surface area contributed by atoms with Gasteiger partial charge in [0, 0.05) is 39.8 Å². The van der Waals surface area contributed by atoms with Crippen molar-refractivity contribution in [2.75, 3.05) is 6.26 Å². The van der Waals surface area contributed by atoms with E-state index in [-0.39, 0.29) is 32.8 Å². The third kappa shape index (κ3) is 4.40. The molecule has 10 nitrogen and oxygen atoms in total. The lowest BCUT2D eigenvalue weighted by molar-refractivity contribution is -0.385. The van der Waals surface area contributed by atoms with E-state index in [4.69, 9.17) is 10.7 Å². The summed E-state index contributed by atoms with van der Waals surface area (Å²) >= 11 is 0. The highest BCUT2D eigenvalue weighted by molar-refractivity contribution is 8.13. The number of phenols is 1. The molecule has 0 saturated heterocycles. The van der Waals surface area contributed by atoms with Gasteiger partial charge in [0.2, 0.25) is 0 Å². The number of azo groups is 1. The Hall–Kier alpha value is -3.09. The van der Waals surface area contributed by atoms with E-state index in [1.54, 1.807) is 0 Å². The van der Waals surface area contributed by atoms with Crippen LogP contribution in [0.3, 0.4) is 0 Å². The Morgan fingerprint density at radius 3 is 2.17 bits per heavy atom. The van der Waals surface area contributed by atoms with Crippen LogP contribution in [0.1, 0.15) is 0 Å². The molecule has 0 unspecified atom stereocenters. The van der Waals surface area contributed by atoms with Crippen molar-refractivity contribution in [1.29, 1.82) is 0 Å². The summed E-state index contributed by atoms with van der Waals surface area (Å²) in [5.41, 5.74) is -0.463. The highest BCUT2D eigenvalue weighted by Gasteiger charge is 2.19. The van der Waals surface area contributed by atoms with Gasteiger partial charge < -0.3 is 5.11 Å². The third-order valence-electron chi connectivity index (χ3n) is 4.04. The topological polar surface area (TPSA) is 156 Å². The quantitative estimate of drug-likeness (QED) is 0.254. The van der Waals surface area contributed by atoms with Crippen LogP contribution in [-0.4, -0.2) is 33.1 Å². The van der Waals surface area contributed by atoms with Crippen molar-refractivity contribution in [3.05, 3.63) is 58.6 Å². The summed E-state index contributed by atoms with van der Waals surface area (Å²) in [6.45, 7) is 0. The summed E-state index contributed by atoms with van der Waals surface area (Å²) in [5, 5.41) is 29.2. The Bertz CT molecular complexity index is 1440. The molecular formula is C17H12ClN3O7S2. The minimum Gasteiger partial charge on any atom is -0.507 e. The molecule has 0 spiro atoms. The maximum absolute atomic E-state index is 12.0. The lowest BCUT2D eigenvalue weighted by Gasteiger charge is -2.06. The number of benzene rings is 3. The molecule has 0 aliphatic heterocycles. The van der Waals surface area contributed by atoms with Gasteiger partial charge in [-0.3, -0.25) is 10.1 Å². The number of hydrogen-bond donors (Lipinski definition) is 1. The maximum atomic E-state index is 12.0. The predicted octanol–water partition coefficient (Wildman–Crippen LogP) is 4.20. The Kier molecular flexibility index (Phi) is 5.50. The van der Waals surface area contributed by atoms with Crippen molar-refractivity contribution < 1.29 is 26.9 Å². The van der Waals surface area contributed by atoms with Crippen molar-refractivity contribution in [3.63, 3.8) is 0 Å². The Balaban J connectivity index is 2.19. The van der Waals surface area contributed by atoms with Crippen LogP contribution in [0.2, 0.25) is 0 Å². The predicted molar refractivity (Wildman–Crippen MR) is 109 cm³/mol. The number of sulfone groups is 1. The number of nitrogens with zero attached hydrogens (tertiary/aromatic N) is 3. The van der Waals surface area contributed by atoms with E-state index >= 15 is 0 Å². The Labute approximate surface area is 174 Å². The summed E-state index contributed by atoms with van der Waals surface area (Å²) in [6.07, 6.45) is 0.874. The first-order valence-corrected chi connectivity index (χ1v) is 12.2. The summed E-state index contributed by atoms with van der Waals surface area (Å²) in [7, 11) is -2.55. The van der Waals surface area contributed by atoms with Gasteiger partial charge in [-0.25, -0.2) is 16.8 Å². The highest BCUT2D eigenvalue weighted by atomic mass is 35.7. The van der Waals surface area contributed by atoms with Gasteiger partial charge in [0.1, 0.15) is 16.3 Å². The van der Waals surface area contributed by atoms with Crippen LogP contribution in [0.4, 0.5) is 17.1 Å². The molecule has 1 N–H and O–H groups in total. The fourth-order valence-corrected chi connectivity index (χ4v) is 4.24. The molecular weight excluding hydrogens is 458 g/mol. The molecule has 3 rings (SSSR count). The van der Waals surface area contributed by atoms with Crippen LogP contribution in [0.15, 0.2) is 68.6 Å². The first kappa shape index (κ1) is 21.6. The van der Waals surface area contributed by atoms with E-state index < -0.39 is 34.4 Å². The van der Waals surface area contributed by atoms with Crippen molar-refractivity contribution in [2.45, 2.75) is 9.79 Å². The molecule has 3 aromatic carbocycles. The van der Waals surface area contributed by atoms with Gasteiger partial charge in [-0.1, -0.05) is 0 Å². The number of hydrogen-bond acceptors (Lipinski definition) is 9. The van der Waals surface area contributed by atoms with E-state index in [0.717, 1.165) is 24.5 Å². The van der Waals surface area contributed by atoms with Crippen LogP contribution in [0.5, 0.6) is 5.75 Å². The molecule has 0 bridgehead atoms. The molecule has 30 heavy (non-hydrogen) atoms. The molecule has 0 heterocycles. The number of halogens is 1. The normalized spacial score (nSPS) is 12.5. The van der Waals surface area contributed by atoms with Crippen molar-refractivity contribution >= 4 is 57.4 Å². The molecule has 0 aliphatic rings. The molecule has 0 amide bonds. The van der Waals surface area contributed by atoms with Gasteiger partial charge in [0.05, 0.1) is 15.5 Å². The van der Waals surface area contributed by atoms with Gasteiger partial charge in [-0.15, -0.1) is 10.2 Å². The Morgan fingerprint density at radius 2 is 1.57 bits per heavy atom. The zero-order chi connectivity index (χ0) is 22.3. The number of fused-ring (bicyclic) bond motifs is 1. The minimum atomic E-state index is -4.05. The lowest BCUT2D eigenvalue weighted by Crippen LogP contribution is -1.99. The van der Waals surface area contributed by atoms with Crippen LogP contribution < -0.4 is 0 Å². The van der Waals surface area contributed by atoms with Crippen molar-refractivity contribution in [2.24, 2.45) is 10.2 Å². The van der Waals surface area contributed by atoms with Gasteiger partial charge in [0.15, 0.2) is 9.84 Å². The second-order valence-electron chi connectivity index (χ2n) is 6.13. The van der Waals surface area contributed by atoms with E-state index in [2.05, 4.69) is 10.2 Å². The van der Waals surface area contributed by atoms with Gasteiger partial charge >= 0.3 is 0 Å². The highest BCUT2D eigenvalue weighted by Crippen LogP contribution is 2.36. The smallest absolute Gasteiger partial charge is 0.270 e. The average molecular weight is 470 g/mol. The summed E-state index contributed by atoms with van der Waals surface area (Å²) < 4.78 is 47.3. The van der Waals surface area contributed by atoms with Gasteiger partial charge in [-0.2, -0.15) is 0 Å². The molecule has 156 valence electrons. The van der Waals surface area contributed by atoms with Crippen molar-refractivity contribution in [3.8, 4) is 5.75 Å². The van der Waals surface area contributed by atoms with E-state index in [1.807, 2.05) is 0 Å². The molecule has 0 radical (unpaired) electrons. The molecule has 3 aromatic rings. The number of non-ortho nitro benzene ring substituents is 1. The second-order valence-corrected chi connectivity index (χ2v) is 10.7. The van der Waals surface area contributed by atoms with E-state index in [1.165, 1.54) is 30.3 Å². The molecule has 0 aliphatic carbocycles. The van der Waals surface area contributed by atoms with Crippen molar-refractivity contribution in [1.82, 2.24) is 0 Å². The molecule has 0 atom stereocenters. The van der Waals surface area contributed by atoms with Crippen LogP contribution in [-0.2, 0) is 18.9 Å². The molecule has 0 aromatic heterocycles. The summed E-state index contributed by atoms with van der Waals surface area (Å²) in [5.74, 6) is -0.144. The summed E-state index contributed by atoms with van der Waals surface area (Å²) in [4.78, 5) is 9.57. The number of aromatic hydroxyl groups is 1. The SMILES string of the molecule is CS(=O)(=O)c1cc([N+](=O)[O-])ccc1/N=N/c1ccc(O)c2ccc(S(=O)(=O)Cl)cc12. The lowest BCUT2D eigenvalue weighted by atomic mass is 10.1. The van der Waals surface area contributed by atoms with Crippen LogP contribution in [0.25, 0.3) is 10.8 Å². The number of nitro benzene ring substituents is 1.